The molecule has 0 amide bonds. The van der Waals surface area contributed by atoms with Crippen molar-refractivity contribution >= 4 is 39.5 Å². The molecule has 0 aliphatic rings. The molecule has 19 heteroatoms. The Balaban J connectivity index is 5.26. The van der Waals surface area contributed by atoms with Crippen molar-refractivity contribution in [3.63, 3.8) is 0 Å². The van der Waals surface area contributed by atoms with E-state index in [1.807, 2.05) is 0 Å². The summed E-state index contributed by atoms with van der Waals surface area (Å²) in [7, 11) is -9.92. The van der Waals surface area contributed by atoms with Crippen LogP contribution in [-0.4, -0.2) is 96.7 Å². The van der Waals surface area contributed by atoms with Crippen LogP contribution in [0.2, 0.25) is 0 Å². The van der Waals surface area contributed by atoms with E-state index in [1.54, 1.807) is 0 Å². The zero-order valence-electron chi connectivity index (χ0n) is 63.5. The van der Waals surface area contributed by atoms with Gasteiger partial charge in [-0.25, -0.2) is 9.13 Å². The monoisotopic (exact) mass is 1420 g/mol. The molecule has 0 bridgehead atoms. The van der Waals surface area contributed by atoms with Crippen LogP contribution in [0, 0.1) is 17.8 Å². The molecule has 97 heavy (non-hydrogen) atoms. The minimum absolute atomic E-state index is 0.106. The molecule has 0 aliphatic heterocycles. The largest absolute Gasteiger partial charge is 0.472 e. The molecule has 0 fully saturated rings. The maximum Gasteiger partial charge on any atom is 0.472 e. The Labute approximate surface area is 594 Å². The normalized spacial score (nSPS) is 14.0. The van der Waals surface area contributed by atoms with Crippen molar-refractivity contribution in [3.05, 3.63) is 0 Å². The maximum atomic E-state index is 13.1. The van der Waals surface area contributed by atoms with Gasteiger partial charge in [-0.15, -0.1) is 0 Å². The Hall–Kier alpha value is -1.94. The number of esters is 4. The van der Waals surface area contributed by atoms with E-state index < -0.39 is 97.5 Å². The number of aliphatic hydroxyl groups is 1. The molecule has 0 spiro atoms. The minimum Gasteiger partial charge on any atom is -0.462 e. The Morgan fingerprint density at radius 1 is 0.278 bits per heavy atom. The van der Waals surface area contributed by atoms with Crippen molar-refractivity contribution in [2.24, 2.45) is 17.8 Å². The lowest BCUT2D eigenvalue weighted by Crippen LogP contribution is -2.30. The molecule has 0 aromatic carbocycles. The first-order chi connectivity index (χ1) is 46.7. The Kier molecular flexibility index (Phi) is 67.1. The Morgan fingerprint density at radius 2 is 0.474 bits per heavy atom. The highest BCUT2D eigenvalue weighted by atomic mass is 31.2. The lowest BCUT2D eigenvalue weighted by atomic mass is 10.0. The predicted molar refractivity (Wildman–Crippen MR) is 395 cm³/mol. The molecule has 576 valence electrons. The van der Waals surface area contributed by atoms with Crippen LogP contribution < -0.4 is 0 Å². The van der Waals surface area contributed by atoms with E-state index in [0.29, 0.717) is 25.7 Å². The van der Waals surface area contributed by atoms with E-state index in [-0.39, 0.29) is 25.7 Å². The van der Waals surface area contributed by atoms with Gasteiger partial charge >= 0.3 is 39.5 Å². The molecule has 0 saturated carbocycles. The number of ether oxygens (including phenoxy) is 4. The van der Waals surface area contributed by atoms with Gasteiger partial charge in [-0.05, 0) is 43.4 Å². The summed E-state index contributed by atoms with van der Waals surface area (Å²) in [6.07, 6.45) is 55.4. The summed E-state index contributed by atoms with van der Waals surface area (Å²) in [6, 6.07) is 0. The zero-order valence-corrected chi connectivity index (χ0v) is 65.3. The molecular formula is C78H152O17P2. The molecular weight excluding hydrogens is 1270 g/mol. The lowest BCUT2D eigenvalue weighted by Gasteiger charge is -2.21. The number of carbonyl (C=O) groups is 4. The summed E-state index contributed by atoms with van der Waals surface area (Å²) < 4.78 is 68.6. The highest BCUT2D eigenvalue weighted by molar-refractivity contribution is 7.47. The van der Waals surface area contributed by atoms with Crippen molar-refractivity contribution in [3.8, 4) is 0 Å². The molecule has 3 N–H and O–H groups in total. The molecule has 0 heterocycles. The first-order valence-corrected chi connectivity index (χ1v) is 43.3. The molecule has 0 aliphatic carbocycles. The molecule has 5 atom stereocenters. The fourth-order valence-corrected chi connectivity index (χ4v) is 13.5. The molecule has 0 aromatic rings. The molecule has 17 nitrogen and oxygen atoms in total. The van der Waals surface area contributed by atoms with E-state index in [9.17, 15) is 43.2 Å². The maximum absolute atomic E-state index is 13.1. The van der Waals surface area contributed by atoms with Crippen LogP contribution in [-0.2, 0) is 65.4 Å². The van der Waals surface area contributed by atoms with Crippen LogP contribution in [0.5, 0.6) is 0 Å². The van der Waals surface area contributed by atoms with Crippen LogP contribution in [0.15, 0.2) is 0 Å². The van der Waals surface area contributed by atoms with E-state index in [2.05, 4.69) is 48.5 Å². The van der Waals surface area contributed by atoms with Crippen molar-refractivity contribution in [1.29, 1.82) is 0 Å². The second kappa shape index (κ2) is 68.5. The fourth-order valence-electron chi connectivity index (χ4n) is 12.0. The number of hydrogen-bond donors (Lipinski definition) is 3. The molecule has 2 unspecified atom stereocenters. The van der Waals surface area contributed by atoms with Crippen molar-refractivity contribution < 1.29 is 80.2 Å². The van der Waals surface area contributed by atoms with Gasteiger partial charge in [0.1, 0.15) is 19.3 Å². The number of aliphatic hydroxyl groups excluding tert-OH is 1. The van der Waals surface area contributed by atoms with Gasteiger partial charge in [-0.3, -0.25) is 37.3 Å². The van der Waals surface area contributed by atoms with E-state index >= 15 is 0 Å². The van der Waals surface area contributed by atoms with Gasteiger partial charge in [0.15, 0.2) is 12.2 Å². The number of phosphoric ester groups is 2. The summed E-state index contributed by atoms with van der Waals surface area (Å²) in [5.74, 6) is 0.164. The lowest BCUT2D eigenvalue weighted by molar-refractivity contribution is -0.161. The van der Waals surface area contributed by atoms with E-state index in [4.69, 9.17) is 37.0 Å². The highest BCUT2D eigenvalue weighted by Gasteiger charge is 2.30. The van der Waals surface area contributed by atoms with Crippen molar-refractivity contribution in [1.82, 2.24) is 0 Å². The number of phosphoric acid groups is 2. The van der Waals surface area contributed by atoms with Gasteiger partial charge in [0, 0.05) is 25.7 Å². The summed E-state index contributed by atoms with van der Waals surface area (Å²) in [5, 5.41) is 10.6. The first-order valence-electron chi connectivity index (χ1n) is 40.3. The summed E-state index contributed by atoms with van der Waals surface area (Å²) in [5.41, 5.74) is 0. The van der Waals surface area contributed by atoms with Gasteiger partial charge in [0.25, 0.3) is 0 Å². The number of hydrogen-bond acceptors (Lipinski definition) is 15. The second-order valence-electron chi connectivity index (χ2n) is 29.5. The van der Waals surface area contributed by atoms with Gasteiger partial charge in [0.2, 0.25) is 0 Å². The smallest absolute Gasteiger partial charge is 0.462 e. The van der Waals surface area contributed by atoms with Crippen LogP contribution in [0.1, 0.15) is 402 Å². The van der Waals surface area contributed by atoms with Crippen LogP contribution in [0.25, 0.3) is 0 Å². The van der Waals surface area contributed by atoms with Gasteiger partial charge < -0.3 is 33.8 Å². The standard InChI is InChI=1S/C78H152O17P2/c1-8-9-10-11-12-13-14-15-16-17-20-25-30-38-45-52-59-75(80)88-65-73(94-77(82)61-54-47-40-31-26-21-18-19-23-28-35-42-49-56-69(2)3)67-92-96(84,85)90-63-72(79)64-91-97(86,87)93-68-74(66-89-76(81)60-53-46-39-34-33-37-44-51-58-71(6)7)95-78(83)62-55-48-41-32-27-22-24-29-36-43-50-57-70(4)5/h69-74,79H,8-68H2,1-7H3,(H,84,85)(H,86,87)/t72-,73-,74-/m1/s1. The number of unbranched alkanes of at least 4 members (excludes halogenated alkanes) is 44. The molecule has 0 saturated heterocycles. The van der Waals surface area contributed by atoms with Crippen LogP contribution >= 0.6 is 15.6 Å². The minimum atomic E-state index is -4.96. The average molecular weight is 1420 g/mol. The second-order valence-corrected chi connectivity index (χ2v) is 32.4. The number of rotatable bonds is 76. The topological polar surface area (TPSA) is 237 Å². The van der Waals surface area contributed by atoms with Gasteiger partial charge in [0.05, 0.1) is 26.4 Å². The predicted octanol–water partition coefficient (Wildman–Crippen LogP) is 23.0. The summed E-state index contributed by atoms with van der Waals surface area (Å²) in [6.45, 7) is 11.9. The van der Waals surface area contributed by atoms with Crippen LogP contribution in [0.3, 0.4) is 0 Å². The quantitative estimate of drug-likeness (QED) is 0.0222. The van der Waals surface area contributed by atoms with Gasteiger partial charge in [-0.2, -0.15) is 0 Å². The third-order valence-electron chi connectivity index (χ3n) is 18.1. The summed E-state index contributed by atoms with van der Waals surface area (Å²) in [4.78, 5) is 72.9. The fraction of sp³-hybridized carbons (Fsp3) is 0.949. The van der Waals surface area contributed by atoms with Gasteiger partial charge in [-0.1, -0.05) is 350 Å². The number of carbonyl (C=O) groups excluding carboxylic acids is 4. The summed E-state index contributed by atoms with van der Waals surface area (Å²) >= 11 is 0. The van der Waals surface area contributed by atoms with Crippen molar-refractivity contribution in [2.75, 3.05) is 39.6 Å². The third-order valence-corrected chi connectivity index (χ3v) is 20.0. The molecule has 0 radical (unpaired) electrons. The molecule has 0 aromatic heterocycles. The highest BCUT2D eigenvalue weighted by Crippen LogP contribution is 2.45. The Morgan fingerprint density at radius 3 is 0.701 bits per heavy atom. The average Bonchev–Trinajstić information content (AvgIpc) is 1.08. The third kappa shape index (κ3) is 72.2. The zero-order chi connectivity index (χ0) is 71.6. The van der Waals surface area contributed by atoms with E-state index in [0.717, 1.165) is 108 Å². The molecule has 0 rings (SSSR count). The van der Waals surface area contributed by atoms with Crippen molar-refractivity contribution in [2.45, 2.75) is 420 Å². The van der Waals surface area contributed by atoms with E-state index in [1.165, 1.54) is 212 Å². The first kappa shape index (κ1) is 95.1. The van der Waals surface area contributed by atoms with Crippen LogP contribution in [0.4, 0.5) is 0 Å². The Bertz CT molecular complexity index is 1890. The SMILES string of the molecule is CCCCCCCCCCCCCCCCCCC(=O)OC[C@H](COP(=O)(O)OC[C@@H](O)COP(=O)(O)OC[C@@H](COC(=O)CCCCCCCCCCC(C)C)OC(=O)CCCCCCCCCCCCCC(C)C)OC(=O)CCCCCCCCCCCCCCCC(C)C.